The molecule has 54 valence electrons. The fourth-order valence-corrected chi connectivity index (χ4v) is 1.38. The summed E-state index contributed by atoms with van der Waals surface area (Å²) in [6.45, 7) is 2.88. The average Bonchev–Trinajstić information content (AvgIpc) is 2.33. The van der Waals surface area contributed by atoms with Gasteiger partial charge in [-0.05, 0) is 0 Å². The zero-order chi connectivity index (χ0) is 6.97. The molecule has 0 radical (unpaired) electrons. The van der Waals surface area contributed by atoms with Crippen LogP contribution >= 0.6 is 12.8 Å². The Morgan fingerprint density at radius 1 is 1.50 bits per heavy atom. The van der Waals surface area contributed by atoms with Crippen LogP contribution in [0.1, 0.15) is 5.82 Å². The van der Waals surface area contributed by atoms with Gasteiger partial charge in [0.2, 0.25) is 0 Å². The summed E-state index contributed by atoms with van der Waals surface area (Å²) in [6.07, 6.45) is 3.85. The molecule has 0 N–H and O–H groups in total. The number of nitrogens with zero attached hydrogens (tertiary/aromatic N) is 3. The number of imidazole rings is 1. The molecule has 0 aliphatic carbocycles. The molecule has 3 nitrogen and oxygen atoms in total. The van der Waals surface area contributed by atoms with Gasteiger partial charge in [-0.15, -0.1) is 0 Å². The van der Waals surface area contributed by atoms with Crippen molar-refractivity contribution in [2.75, 3.05) is 6.54 Å². The first-order valence-electron chi connectivity index (χ1n) is 3.30. The third kappa shape index (κ3) is 0.932. The Labute approximate surface area is 65.2 Å². The Morgan fingerprint density at radius 3 is 3.30 bits per heavy atom. The van der Waals surface area contributed by atoms with Crippen molar-refractivity contribution < 1.29 is 0 Å². The normalized spacial score (nSPS) is 18.9. The predicted octanol–water partition coefficient (Wildman–Crippen LogP) is 0.543. The molecule has 4 heteroatoms. The minimum absolute atomic E-state index is 0.857. The monoisotopic (exact) mass is 155 g/mol. The zero-order valence-corrected chi connectivity index (χ0v) is 6.46. The average molecular weight is 155 g/mol. The van der Waals surface area contributed by atoms with Crippen LogP contribution in [0.2, 0.25) is 0 Å². The second kappa shape index (κ2) is 2.29. The summed E-state index contributed by atoms with van der Waals surface area (Å²) in [5.41, 5.74) is 0. The highest BCUT2D eigenvalue weighted by molar-refractivity contribution is 7.77. The molecule has 0 fully saturated rings. The van der Waals surface area contributed by atoms with E-state index in [1.807, 2.05) is 16.7 Å². The third-order valence-electron chi connectivity index (χ3n) is 1.72. The first-order valence-corrected chi connectivity index (χ1v) is 3.70. The van der Waals surface area contributed by atoms with E-state index in [4.69, 9.17) is 0 Å². The van der Waals surface area contributed by atoms with Gasteiger partial charge in [-0.25, -0.2) is 9.29 Å². The van der Waals surface area contributed by atoms with Crippen molar-refractivity contribution in [3.8, 4) is 0 Å². The lowest BCUT2D eigenvalue weighted by Crippen LogP contribution is -2.26. The van der Waals surface area contributed by atoms with Crippen LogP contribution in [0.3, 0.4) is 0 Å². The lowest BCUT2D eigenvalue weighted by Gasteiger charge is -2.21. The van der Waals surface area contributed by atoms with Crippen molar-refractivity contribution in [3.05, 3.63) is 18.2 Å². The van der Waals surface area contributed by atoms with Gasteiger partial charge in [0, 0.05) is 25.5 Å². The van der Waals surface area contributed by atoms with Crippen molar-refractivity contribution >= 4 is 12.8 Å². The van der Waals surface area contributed by atoms with Crippen LogP contribution in [0.25, 0.3) is 0 Å². The fraction of sp³-hybridized carbons (Fsp3) is 0.500. The molecule has 0 saturated heterocycles. The number of rotatable bonds is 0. The van der Waals surface area contributed by atoms with Gasteiger partial charge in [0.1, 0.15) is 5.82 Å². The minimum atomic E-state index is 0.857. The topological polar surface area (TPSA) is 21.1 Å². The molecule has 0 bridgehead atoms. The molecule has 0 spiro atoms. The van der Waals surface area contributed by atoms with Gasteiger partial charge in [0.25, 0.3) is 0 Å². The summed E-state index contributed by atoms with van der Waals surface area (Å²) in [5, 5.41) is 0. The van der Waals surface area contributed by atoms with Gasteiger partial charge in [-0.2, -0.15) is 0 Å². The standard InChI is InChI=1S/C6H9N3S/c10-9-4-3-8-2-1-7-6(8)5-9/h1-2,10H,3-5H2. The Balaban J connectivity index is 2.30. The number of fused-ring (bicyclic) bond motifs is 1. The van der Waals surface area contributed by atoms with Crippen LogP contribution in [-0.2, 0) is 13.1 Å². The van der Waals surface area contributed by atoms with E-state index in [1.54, 1.807) is 0 Å². The second-order valence-electron chi connectivity index (χ2n) is 2.43. The Bertz CT molecular complexity index is 233. The van der Waals surface area contributed by atoms with Crippen molar-refractivity contribution in [1.82, 2.24) is 13.9 Å². The number of hydrogen-bond donors (Lipinski definition) is 1. The van der Waals surface area contributed by atoms with Gasteiger partial charge in [-0.3, -0.25) is 0 Å². The van der Waals surface area contributed by atoms with Crippen LogP contribution in [-0.4, -0.2) is 20.4 Å². The van der Waals surface area contributed by atoms with E-state index in [-0.39, 0.29) is 0 Å². The van der Waals surface area contributed by atoms with Crippen molar-refractivity contribution in [2.24, 2.45) is 0 Å². The molecule has 0 saturated carbocycles. The highest BCUT2D eigenvalue weighted by Crippen LogP contribution is 2.10. The van der Waals surface area contributed by atoms with E-state index in [1.165, 1.54) is 0 Å². The van der Waals surface area contributed by atoms with Crippen molar-refractivity contribution in [1.29, 1.82) is 0 Å². The first-order chi connectivity index (χ1) is 4.86. The molecular formula is C6H9N3S. The van der Waals surface area contributed by atoms with Crippen LogP contribution in [0.4, 0.5) is 0 Å². The smallest absolute Gasteiger partial charge is 0.123 e. The van der Waals surface area contributed by atoms with Gasteiger partial charge < -0.3 is 4.57 Å². The van der Waals surface area contributed by atoms with E-state index in [2.05, 4.69) is 22.4 Å². The zero-order valence-electron chi connectivity index (χ0n) is 5.56. The lowest BCUT2D eigenvalue weighted by molar-refractivity contribution is 0.372. The molecule has 0 atom stereocenters. The van der Waals surface area contributed by atoms with Crippen LogP contribution < -0.4 is 0 Å². The quantitative estimate of drug-likeness (QED) is 0.552. The van der Waals surface area contributed by atoms with Crippen molar-refractivity contribution in [3.63, 3.8) is 0 Å². The fourth-order valence-electron chi connectivity index (χ4n) is 1.16. The molecule has 10 heavy (non-hydrogen) atoms. The Hall–Kier alpha value is -0.480. The molecule has 1 aliphatic rings. The first kappa shape index (κ1) is 6.24. The second-order valence-corrected chi connectivity index (χ2v) is 2.99. The Kier molecular flexibility index (Phi) is 1.43. The maximum absolute atomic E-state index is 4.24. The van der Waals surface area contributed by atoms with Crippen LogP contribution in [0.15, 0.2) is 12.4 Å². The summed E-state index contributed by atoms with van der Waals surface area (Å²) in [7, 11) is 0. The van der Waals surface area contributed by atoms with Gasteiger partial charge >= 0.3 is 0 Å². The summed E-state index contributed by atoms with van der Waals surface area (Å²) >= 11 is 4.24. The molecule has 1 aromatic heterocycles. The molecule has 2 rings (SSSR count). The summed E-state index contributed by atoms with van der Waals surface area (Å²) in [6, 6.07) is 0. The third-order valence-corrected chi connectivity index (χ3v) is 2.07. The SMILES string of the molecule is SN1CCn2ccnc2C1. The van der Waals surface area contributed by atoms with Gasteiger partial charge in [-0.1, -0.05) is 12.8 Å². The highest BCUT2D eigenvalue weighted by Gasteiger charge is 2.12. The van der Waals surface area contributed by atoms with Crippen LogP contribution in [0.5, 0.6) is 0 Å². The molecular weight excluding hydrogens is 146 g/mol. The summed E-state index contributed by atoms with van der Waals surface area (Å²) in [5.74, 6) is 1.11. The predicted molar refractivity (Wildman–Crippen MR) is 41.6 cm³/mol. The van der Waals surface area contributed by atoms with Crippen molar-refractivity contribution in [2.45, 2.75) is 13.1 Å². The lowest BCUT2D eigenvalue weighted by atomic mass is 10.4. The minimum Gasteiger partial charge on any atom is -0.333 e. The highest BCUT2D eigenvalue weighted by atomic mass is 32.1. The van der Waals surface area contributed by atoms with E-state index in [0.29, 0.717) is 0 Å². The number of thiol groups is 1. The summed E-state index contributed by atoms with van der Waals surface area (Å²) in [4.78, 5) is 4.18. The van der Waals surface area contributed by atoms with Gasteiger partial charge in [0.05, 0.1) is 6.54 Å². The van der Waals surface area contributed by atoms with Crippen LogP contribution in [0, 0.1) is 0 Å². The Morgan fingerprint density at radius 2 is 2.40 bits per heavy atom. The maximum atomic E-state index is 4.24. The molecule has 0 aromatic carbocycles. The summed E-state index contributed by atoms with van der Waals surface area (Å²) < 4.78 is 4.13. The molecule has 1 aromatic rings. The van der Waals surface area contributed by atoms with E-state index >= 15 is 0 Å². The molecule has 0 unspecified atom stereocenters. The van der Waals surface area contributed by atoms with E-state index < -0.39 is 0 Å². The van der Waals surface area contributed by atoms with E-state index in [9.17, 15) is 0 Å². The van der Waals surface area contributed by atoms with Gasteiger partial charge in [0.15, 0.2) is 0 Å². The maximum Gasteiger partial charge on any atom is 0.123 e. The molecule has 0 amide bonds. The largest absolute Gasteiger partial charge is 0.333 e. The molecule has 1 aliphatic heterocycles. The molecule has 2 heterocycles. The number of hydrogen-bond acceptors (Lipinski definition) is 3. The number of aromatic nitrogens is 2. The van der Waals surface area contributed by atoms with E-state index in [0.717, 1.165) is 25.5 Å².